The van der Waals surface area contributed by atoms with Gasteiger partial charge in [0.2, 0.25) is 0 Å². The third-order valence-electron chi connectivity index (χ3n) is 3.87. The maximum atomic E-state index is 5.93. The Morgan fingerprint density at radius 2 is 1.82 bits per heavy atom. The van der Waals surface area contributed by atoms with E-state index in [0.29, 0.717) is 12.7 Å². The molecule has 1 fully saturated rings. The van der Waals surface area contributed by atoms with Crippen LogP contribution < -0.4 is 4.74 Å². The van der Waals surface area contributed by atoms with Crippen LogP contribution in [-0.2, 0) is 9.47 Å². The molecule has 1 aromatic rings. The average Bonchev–Trinajstić information content (AvgIpc) is 2.54. The minimum atomic E-state index is -0.0938. The number of ether oxygens (including phenoxy) is 3. The molecule has 152 valence electrons. The first-order chi connectivity index (χ1) is 13.1. The van der Waals surface area contributed by atoms with Crippen LogP contribution in [0.4, 0.5) is 0 Å². The maximum Gasteiger partial charge on any atom is 0.138 e. The molecule has 0 aliphatic heterocycles. The van der Waals surface area contributed by atoms with Crippen LogP contribution >= 0.6 is 0 Å². The van der Waals surface area contributed by atoms with Crippen molar-refractivity contribution in [1.82, 2.24) is 4.98 Å². The summed E-state index contributed by atoms with van der Waals surface area (Å²) in [7, 11) is 0. The van der Waals surface area contributed by atoms with Gasteiger partial charge in [-0.2, -0.15) is 0 Å². The predicted octanol–water partition coefficient (Wildman–Crippen LogP) is 4.96. The van der Waals surface area contributed by atoms with Gasteiger partial charge >= 0.3 is 0 Å². The lowest BCUT2D eigenvalue weighted by atomic mass is 9.91. The van der Waals surface area contributed by atoms with Gasteiger partial charge in [-0.1, -0.05) is 11.8 Å². The Balaban J connectivity index is 1.64. The number of nitrogens with zero attached hydrogens (tertiary/aromatic N) is 1. The molecule has 0 amide bonds. The van der Waals surface area contributed by atoms with Gasteiger partial charge in [0.05, 0.1) is 17.9 Å². The van der Waals surface area contributed by atoms with E-state index < -0.39 is 0 Å². The lowest BCUT2D eigenvalue weighted by molar-refractivity contribution is -0.126. The lowest BCUT2D eigenvalue weighted by Gasteiger charge is -2.39. The van der Waals surface area contributed by atoms with Crippen LogP contribution in [0.15, 0.2) is 18.3 Å². The molecule has 0 spiro atoms. The Morgan fingerprint density at radius 1 is 1.07 bits per heavy atom. The van der Waals surface area contributed by atoms with Gasteiger partial charge in [-0.3, -0.25) is 0 Å². The van der Waals surface area contributed by atoms with E-state index in [9.17, 15) is 0 Å². The summed E-state index contributed by atoms with van der Waals surface area (Å²) in [4.78, 5) is 4.36. The second-order valence-corrected chi connectivity index (χ2v) is 9.17. The van der Waals surface area contributed by atoms with Crippen LogP contribution in [0, 0.1) is 29.3 Å². The Kier molecular flexibility index (Phi) is 7.78. The topological polar surface area (TPSA) is 40.6 Å². The zero-order valence-electron chi connectivity index (χ0n) is 18.1. The number of rotatable bonds is 6. The summed E-state index contributed by atoms with van der Waals surface area (Å²) in [5.41, 5.74) is 0.633. The van der Waals surface area contributed by atoms with Gasteiger partial charge in [-0.15, -0.1) is 0 Å². The van der Waals surface area contributed by atoms with E-state index in [0.717, 1.165) is 37.1 Å². The molecule has 0 bridgehead atoms. The summed E-state index contributed by atoms with van der Waals surface area (Å²) in [6, 6.07) is 3.83. The monoisotopic (exact) mass is 383 g/mol. The van der Waals surface area contributed by atoms with Crippen LogP contribution in [0.3, 0.4) is 0 Å². The van der Waals surface area contributed by atoms with Crippen molar-refractivity contribution in [2.75, 3.05) is 6.61 Å². The lowest BCUT2D eigenvalue weighted by Crippen LogP contribution is -2.43. The Morgan fingerprint density at radius 3 is 2.43 bits per heavy atom. The third-order valence-corrected chi connectivity index (χ3v) is 3.87. The van der Waals surface area contributed by atoms with E-state index in [1.54, 1.807) is 6.20 Å². The minimum Gasteiger partial charge on any atom is -0.489 e. The molecular formula is C24H33NO3. The van der Waals surface area contributed by atoms with E-state index in [-0.39, 0.29) is 17.1 Å². The van der Waals surface area contributed by atoms with Gasteiger partial charge in [-0.05, 0) is 66.0 Å². The van der Waals surface area contributed by atoms with Crippen LogP contribution in [0.2, 0.25) is 0 Å². The SMILES string of the molecule is CC(C)(C)C#COCCCC#Cc1ccc(OC2CC(OC(C)(C)C)C2)cn1. The molecule has 1 heterocycles. The molecule has 0 unspecified atom stereocenters. The molecule has 0 radical (unpaired) electrons. The van der Waals surface area contributed by atoms with E-state index in [2.05, 4.69) is 70.4 Å². The van der Waals surface area contributed by atoms with E-state index >= 15 is 0 Å². The van der Waals surface area contributed by atoms with Crippen molar-refractivity contribution in [2.45, 2.75) is 85.0 Å². The first-order valence-corrected chi connectivity index (χ1v) is 10.0. The fourth-order valence-corrected chi connectivity index (χ4v) is 2.55. The molecule has 0 atom stereocenters. The first-order valence-electron chi connectivity index (χ1n) is 10.0. The van der Waals surface area contributed by atoms with E-state index in [1.165, 1.54) is 0 Å². The zero-order chi connectivity index (χ0) is 20.6. The largest absolute Gasteiger partial charge is 0.489 e. The highest BCUT2D eigenvalue weighted by Crippen LogP contribution is 2.30. The van der Waals surface area contributed by atoms with E-state index in [4.69, 9.17) is 14.2 Å². The quantitative estimate of drug-likeness (QED) is 0.514. The molecule has 0 N–H and O–H groups in total. The van der Waals surface area contributed by atoms with Gasteiger partial charge in [0, 0.05) is 24.7 Å². The number of pyridine rings is 1. The van der Waals surface area contributed by atoms with Gasteiger partial charge in [0.1, 0.15) is 30.3 Å². The molecule has 0 aromatic carbocycles. The molecule has 4 heteroatoms. The standard InChI is InChI=1S/C24H33NO3/c1-23(2,3)13-15-26-14-9-7-8-10-19-11-12-20(18-25-19)27-21-16-22(17-21)28-24(4,5)6/h11-12,18,21-22H,7,9,14,16-17H2,1-6H3. The molecule has 1 aliphatic rings. The average molecular weight is 384 g/mol. The minimum absolute atomic E-state index is 0.0259. The number of hydrogen-bond donors (Lipinski definition) is 0. The summed E-state index contributed by atoms with van der Waals surface area (Å²) in [6.07, 6.45) is 8.48. The van der Waals surface area contributed by atoms with Gasteiger partial charge in [0.15, 0.2) is 0 Å². The fraction of sp³-hybridized carbons (Fsp3) is 0.625. The second-order valence-electron chi connectivity index (χ2n) is 9.17. The van der Waals surface area contributed by atoms with Crippen LogP contribution in [0.5, 0.6) is 5.75 Å². The second kappa shape index (κ2) is 9.85. The Labute approximate surface area is 170 Å². The van der Waals surface area contributed by atoms with Crippen molar-refractivity contribution in [3.05, 3.63) is 24.0 Å². The molecule has 1 aliphatic carbocycles. The summed E-state index contributed by atoms with van der Waals surface area (Å²) in [6.45, 7) is 13.0. The van der Waals surface area contributed by atoms with E-state index in [1.807, 2.05) is 12.1 Å². The number of aromatic nitrogens is 1. The van der Waals surface area contributed by atoms with Crippen molar-refractivity contribution >= 4 is 0 Å². The Bertz CT molecular complexity index is 727. The van der Waals surface area contributed by atoms with Crippen molar-refractivity contribution in [3.8, 4) is 29.6 Å². The Hall–Kier alpha value is -2.17. The fourth-order valence-electron chi connectivity index (χ4n) is 2.55. The maximum absolute atomic E-state index is 5.93. The summed E-state index contributed by atoms with van der Waals surface area (Å²) >= 11 is 0. The normalized spacial score (nSPS) is 18.8. The molecular weight excluding hydrogens is 350 g/mol. The number of unbranched alkanes of at least 4 members (excludes halogenated alkanes) is 1. The van der Waals surface area contributed by atoms with Crippen molar-refractivity contribution in [3.63, 3.8) is 0 Å². The van der Waals surface area contributed by atoms with Crippen molar-refractivity contribution < 1.29 is 14.2 Å². The molecule has 4 nitrogen and oxygen atoms in total. The molecule has 1 aromatic heterocycles. The molecule has 1 saturated carbocycles. The highest BCUT2D eigenvalue weighted by atomic mass is 16.5. The summed E-state index contributed by atoms with van der Waals surface area (Å²) in [5, 5.41) is 0. The first kappa shape index (κ1) is 22.1. The molecule has 2 rings (SSSR count). The number of hydrogen-bond acceptors (Lipinski definition) is 4. The van der Waals surface area contributed by atoms with Gasteiger partial charge < -0.3 is 14.2 Å². The highest BCUT2D eigenvalue weighted by molar-refractivity contribution is 5.31. The third kappa shape index (κ3) is 9.16. The molecule has 28 heavy (non-hydrogen) atoms. The van der Waals surface area contributed by atoms with Gasteiger partial charge in [0.25, 0.3) is 0 Å². The van der Waals surface area contributed by atoms with Crippen molar-refractivity contribution in [2.24, 2.45) is 5.41 Å². The predicted molar refractivity (Wildman–Crippen MR) is 112 cm³/mol. The van der Waals surface area contributed by atoms with Crippen LogP contribution in [0.1, 0.15) is 72.9 Å². The van der Waals surface area contributed by atoms with Crippen molar-refractivity contribution in [1.29, 1.82) is 0 Å². The van der Waals surface area contributed by atoms with Crippen LogP contribution in [-0.4, -0.2) is 29.4 Å². The smallest absolute Gasteiger partial charge is 0.138 e. The zero-order valence-corrected chi connectivity index (χ0v) is 18.1. The summed E-state index contributed by atoms with van der Waals surface area (Å²) < 4.78 is 17.2. The van der Waals surface area contributed by atoms with Crippen LogP contribution in [0.25, 0.3) is 0 Å². The highest BCUT2D eigenvalue weighted by Gasteiger charge is 2.34. The van der Waals surface area contributed by atoms with Gasteiger partial charge in [-0.25, -0.2) is 4.98 Å². The summed E-state index contributed by atoms with van der Waals surface area (Å²) in [5.74, 6) is 10.0. The molecule has 0 saturated heterocycles.